The van der Waals surface area contributed by atoms with E-state index in [0.29, 0.717) is 18.2 Å². The molecule has 0 radical (unpaired) electrons. The smallest absolute Gasteiger partial charge is 0.405 e. The van der Waals surface area contributed by atoms with E-state index >= 15 is 0 Å². The molecule has 0 aliphatic carbocycles. The van der Waals surface area contributed by atoms with Gasteiger partial charge in [0.15, 0.2) is 0 Å². The summed E-state index contributed by atoms with van der Waals surface area (Å²) < 4.78 is 42.4. The fraction of sp³-hybridized carbons (Fsp3) is 0.429. The molecule has 0 bridgehead atoms. The Kier molecular flexibility index (Phi) is 6.07. The molecule has 2 aromatic carbocycles. The van der Waals surface area contributed by atoms with Crippen molar-refractivity contribution in [2.24, 2.45) is 0 Å². The van der Waals surface area contributed by atoms with E-state index < -0.39 is 6.36 Å². The summed E-state index contributed by atoms with van der Waals surface area (Å²) in [4.78, 5) is 2.25. The van der Waals surface area contributed by atoms with Crippen molar-refractivity contribution < 1.29 is 17.9 Å². The van der Waals surface area contributed by atoms with Gasteiger partial charge in [-0.1, -0.05) is 62.4 Å². The molecule has 1 heterocycles. The SMILES string of the molecule is CC(C)NC[C@@H]1C[C@H](c2ccccc2)N1Cc1ccccc1OC(F)(F)F. The quantitative estimate of drug-likeness (QED) is 0.742. The van der Waals surface area contributed by atoms with Gasteiger partial charge in [-0.05, 0) is 18.1 Å². The van der Waals surface area contributed by atoms with Crippen LogP contribution in [0.1, 0.15) is 37.4 Å². The monoisotopic (exact) mass is 378 g/mol. The summed E-state index contributed by atoms with van der Waals surface area (Å²) in [7, 11) is 0. The second-order valence-corrected chi connectivity index (χ2v) is 7.21. The van der Waals surface area contributed by atoms with E-state index in [9.17, 15) is 13.2 Å². The fourth-order valence-electron chi connectivity index (χ4n) is 3.51. The van der Waals surface area contributed by atoms with Crippen LogP contribution in [0, 0.1) is 0 Å². The number of alkyl halides is 3. The van der Waals surface area contributed by atoms with Gasteiger partial charge in [0.2, 0.25) is 0 Å². The predicted molar refractivity (Wildman–Crippen MR) is 99.4 cm³/mol. The molecule has 0 amide bonds. The lowest BCUT2D eigenvalue weighted by Crippen LogP contribution is -2.54. The summed E-state index contributed by atoms with van der Waals surface area (Å²) in [6.45, 7) is 5.40. The lowest BCUT2D eigenvalue weighted by atomic mass is 9.86. The van der Waals surface area contributed by atoms with Crippen LogP contribution >= 0.6 is 0 Å². The van der Waals surface area contributed by atoms with Crippen LogP contribution in [0.15, 0.2) is 54.6 Å². The number of hydrogen-bond acceptors (Lipinski definition) is 3. The molecule has 0 aromatic heterocycles. The van der Waals surface area contributed by atoms with Gasteiger partial charge in [0.25, 0.3) is 0 Å². The number of halogens is 3. The van der Waals surface area contributed by atoms with Gasteiger partial charge < -0.3 is 10.1 Å². The van der Waals surface area contributed by atoms with E-state index in [2.05, 4.69) is 40.9 Å². The van der Waals surface area contributed by atoms with E-state index in [-0.39, 0.29) is 17.8 Å². The molecule has 2 aromatic rings. The maximum Gasteiger partial charge on any atom is 0.573 e. The third-order valence-corrected chi connectivity index (χ3v) is 4.86. The average Bonchev–Trinajstić information content (AvgIpc) is 2.59. The maximum absolute atomic E-state index is 12.7. The first kappa shape index (κ1) is 19.7. The highest BCUT2D eigenvalue weighted by Gasteiger charge is 2.39. The van der Waals surface area contributed by atoms with Crippen LogP contribution in [0.2, 0.25) is 0 Å². The van der Waals surface area contributed by atoms with Gasteiger partial charge in [-0.15, -0.1) is 13.2 Å². The Bertz CT molecular complexity index is 734. The van der Waals surface area contributed by atoms with Gasteiger partial charge in [0.1, 0.15) is 5.75 Å². The molecule has 1 saturated heterocycles. The second-order valence-electron chi connectivity index (χ2n) is 7.21. The van der Waals surface area contributed by atoms with Crippen LogP contribution < -0.4 is 10.1 Å². The Labute approximate surface area is 158 Å². The number of rotatable bonds is 7. The molecule has 1 aliphatic heterocycles. The first-order valence-electron chi connectivity index (χ1n) is 9.21. The first-order chi connectivity index (χ1) is 12.8. The molecule has 2 atom stereocenters. The van der Waals surface area contributed by atoms with Crippen LogP contribution in [0.3, 0.4) is 0 Å². The minimum Gasteiger partial charge on any atom is -0.405 e. The lowest BCUT2D eigenvalue weighted by molar-refractivity contribution is -0.275. The highest BCUT2D eigenvalue weighted by atomic mass is 19.4. The van der Waals surface area contributed by atoms with Crippen LogP contribution in [0.5, 0.6) is 5.75 Å². The van der Waals surface area contributed by atoms with Crippen molar-refractivity contribution in [1.29, 1.82) is 0 Å². The van der Waals surface area contributed by atoms with Crippen LogP contribution in [0.4, 0.5) is 13.2 Å². The Morgan fingerprint density at radius 2 is 1.74 bits per heavy atom. The zero-order valence-electron chi connectivity index (χ0n) is 15.5. The normalized spacial score (nSPS) is 20.5. The summed E-state index contributed by atoms with van der Waals surface area (Å²) in [5.74, 6) is -0.126. The molecule has 6 heteroatoms. The first-order valence-corrected chi connectivity index (χ1v) is 9.21. The van der Waals surface area contributed by atoms with E-state index in [4.69, 9.17) is 0 Å². The molecule has 146 valence electrons. The predicted octanol–water partition coefficient (Wildman–Crippen LogP) is 4.90. The molecular formula is C21H25F3N2O. The van der Waals surface area contributed by atoms with Crippen molar-refractivity contribution in [2.75, 3.05) is 6.54 Å². The number of nitrogens with zero attached hydrogens (tertiary/aromatic N) is 1. The van der Waals surface area contributed by atoms with Crippen LogP contribution in [0.25, 0.3) is 0 Å². The summed E-state index contributed by atoms with van der Waals surface area (Å²) in [5, 5.41) is 3.44. The molecule has 3 rings (SSSR count). The number of likely N-dealkylation sites (tertiary alicyclic amines) is 1. The van der Waals surface area contributed by atoms with Gasteiger partial charge in [-0.3, -0.25) is 4.90 Å². The topological polar surface area (TPSA) is 24.5 Å². The summed E-state index contributed by atoms with van der Waals surface area (Å²) in [5.41, 5.74) is 1.73. The molecule has 27 heavy (non-hydrogen) atoms. The largest absolute Gasteiger partial charge is 0.573 e. The van der Waals surface area contributed by atoms with Crippen molar-refractivity contribution in [1.82, 2.24) is 10.2 Å². The van der Waals surface area contributed by atoms with Crippen molar-refractivity contribution >= 4 is 0 Å². The zero-order chi connectivity index (χ0) is 19.4. The van der Waals surface area contributed by atoms with Gasteiger partial charge in [0.05, 0.1) is 0 Å². The van der Waals surface area contributed by atoms with Crippen LogP contribution in [-0.4, -0.2) is 29.9 Å². The maximum atomic E-state index is 12.7. The third-order valence-electron chi connectivity index (χ3n) is 4.86. The number of ether oxygens (including phenoxy) is 1. The molecule has 1 N–H and O–H groups in total. The lowest BCUT2D eigenvalue weighted by Gasteiger charge is -2.49. The summed E-state index contributed by atoms with van der Waals surface area (Å²) in [6.07, 6.45) is -3.71. The zero-order valence-corrected chi connectivity index (χ0v) is 15.5. The second kappa shape index (κ2) is 8.31. The molecular weight excluding hydrogens is 353 g/mol. The Morgan fingerprint density at radius 3 is 2.41 bits per heavy atom. The molecule has 0 spiro atoms. The average molecular weight is 378 g/mol. The number of benzene rings is 2. The van der Waals surface area contributed by atoms with E-state index in [1.54, 1.807) is 18.2 Å². The number of hydrogen-bond donors (Lipinski definition) is 1. The standard InChI is InChI=1S/C21H25F3N2O/c1-15(2)25-13-18-12-19(16-8-4-3-5-9-16)26(18)14-17-10-6-7-11-20(17)27-21(22,23)24/h3-11,15,18-19,25H,12-14H2,1-2H3/t18-,19+/m0/s1. The highest BCUT2D eigenvalue weighted by Crippen LogP contribution is 2.41. The number of para-hydroxylation sites is 1. The molecule has 0 unspecified atom stereocenters. The van der Waals surface area contributed by atoms with Crippen molar-refractivity contribution in [2.45, 2.75) is 51.3 Å². The van der Waals surface area contributed by atoms with E-state index in [1.165, 1.54) is 11.6 Å². The van der Waals surface area contributed by atoms with E-state index in [0.717, 1.165) is 13.0 Å². The minimum absolute atomic E-state index is 0.126. The molecule has 1 aliphatic rings. The van der Waals surface area contributed by atoms with Gasteiger partial charge in [-0.2, -0.15) is 0 Å². The minimum atomic E-state index is -4.69. The van der Waals surface area contributed by atoms with Gasteiger partial charge in [0, 0.05) is 36.8 Å². The van der Waals surface area contributed by atoms with Crippen LogP contribution in [-0.2, 0) is 6.54 Å². The summed E-state index contributed by atoms with van der Waals surface area (Å²) >= 11 is 0. The van der Waals surface area contributed by atoms with Crippen molar-refractivity contribution in [3.8, 4) is 5.75 Å². The third kappa shape index (κ3) is 5.23. The Morgan fingerprint density at radius 1 is 1.07 bits per heavy atom. The van der Waals surface area contributed by atoms with E-state index in [1.807, 2.05) is 18.2 Å². The Hall–Kier alpha value is -2.05. The van der Waals surface area contributed by atoms with Gasteiger partial charge in [-0.25, -0.2) is 0 Å². The molecule has 1 fully saturated rings. The van der Waals surface area contributed by atoms with Crippen molar-refractivity contribution in [3.63, 3.8) is 0 Å². The fourth-order valence-corrected chi connectivity index (χ4v) is 3.51. The molecule has 3 nitrogen and oxygen atoms in total. The molecule has 0 saturated carbocycles. The number of nitrogens with one attached hydrogen (secondary N) is 1. The highest BCUT2D eigenvalue weighted by molar-refractivity contribution is 5.34. The summed E-state index contributed by atoms with van der Waals surface area (Å²) in [6, 6.07) is 17.3. The van der Waals surface area contributed by atoms with Gasteiger partial charge >= 0.3 is 6.36 Å². The van der Waals surface area contributed by atoms with Crippen molar-refractivity contribution in [3.05, 3.63) is 65.7 Å². The Balaban J connectivity index is 1.79.